The fourth-order valence-corrected chi connectivity index (χ4v) is 5.11. The van der Waals surface area contributed by atoms with Crippen molar-refractivity contribution in [2.24, 2.45) is 10.9 Å². The monoisotopic (exact) mass is 520 g/mol. The Morgan fingerprint density at radius 2 is 1.92 bits per heavy atom. The van der Waals surface area contributed by atoms with Crippen molar-refractivity contribution in [3.63, 3.8) is 0 Å². The summed E-state index contributed by atoms with van der Waals surface area (Å²) in [6.07, 6.45) is -0.178. The maximum absolute atomic E-state index is 13.0. The first kappa shape index (κ1) is 23.8. The third-order valence-corrected chi connectivity index (χ3v) is 6.71. The number of nitrogens with zero attached hydrogens (tertiary/aromatic N) is 4. The number of alkyl halides is 3. The van der Waals surface area contributed by atoms with Crippen LogP contribution >= 0.6 is 0 Å². The molecule has 0 saturated heterocycles. The van der Waals surface area contributed by atoms with Crippen molar-refractivity contribution in [1.82, 2.24) is 15.1 Å². The second-order valence-corrected chi connectivity index (χ2v) is 9.19. The van der Waals surface area contributed by atoms with Gasteiger partial charge in [-0.2, -0.15) is 4.98 Å². The van der Waals surface area contributed by atoms with Crippen LogP contribution in [0.25, 0.3) is 39.5 Å². The summed E-state index contributed by atoms with van der Waals surface area (Å²) in [4.78, 5) is 24.4. The zero-order chi connectivity index (χ0) is 26.4. The number of hydrogen-bond acceptors (Lipinski definition) is 7. The van der Waals surface area contributed by atoms with Crippen LogP contribution in [0.1, 0.15) is 19.3 Å². The molecule has 11 heteroatoms. The SMILES string of the molecule is O=C(O)CC1CCC2=c3cc(-c4noc(-c5cc(OC(F)(F)F)cc(-c6cccnc6)c5)n4)ccc3=NC21. The molecular formula is C27H19F3N4O4. The second kappa shape index (κ2) is 9.09. The smallest absolute Gasteiger partial charge is 0.481 e. The molecule has 0 spiro atoms. The van der Waals surface area contributed by atoms with Gasteiger partial charge in [0.15, 0.2) is 0 Å². The van der Waals surface area contributed by atoms with Gasteiger partial charge in [-0.3, -0.25) is 14.8 Å². The Kier molecular flexibility index (Phi) is 5.70. The number of carboxylic acids is 1. The standard InChI is InChI=1S/C27H19F3N4O4/c28-27(29,30)37-19-9-17(16-2-1-7-31-13-16)8-18(10-19)26-33-25(34-38-26)15-4-6-22-21(11-15)20-5-3-14(12-23(35)36)24(20)32-22/h1-2,4,6-11,13-14,24H,3,5,12H2,(H,35,36). The highest BCUT2D eigenvalue weighted by molar-refractivity contribution is 5.73. The fourth-order valence-electron chi connectivity index (χ4n) is 5.11. The molecule has 6 rings (SSSR count). The zero-order valence-electron chi connectivity index (χ0n) is 19.6. The molecule has 38 heavy (non-hydrogen) atoms. The van der Waals surface area contributed by atoms with Gasteiger partial charge in [-0.15, -0.1) is 13.2 Å². The summed E-state index contributed by atoms with van der Waals surface area (Å²) in [5.74, 6) is -1.01. The fraction of sp³-hybridized carbons (Fsp3) is 0.222. The summed E-state index contributed by atoms with van der Waals surface area (Å²) in [6, 6.07) is 12.9. The van der Waals surface area contributed by atoms with Crippen LogP contribution in [0, 0.1) is 5.92 Å². The van der Waals surface area contributed by atoms with Gasteiger partial charge in [-0.25, -0.2) is 0 Å². The van der Waals surface area contributed by atoms with Gasteiger partial charge in [0, 0.05) is 34.3 Å². The maximum Gasteiger partial charge on any atom is 0.573 e. The molecule has 0 bridgehead atoms. The van der Waals surface area contributed by atoms with E-state index in [1.165, 1.54) is 18.3 Å². The molecular weight excluding hydrogens is 501 g/mol. The van der Waals surface area contributed by atoms with Crippen LogP contribution in [-0.4, -0.2) is 38.6 Å². The molecule has 1 aliphatic heterocycles. The minimum Gasteiger partial charge on any atom is -0.481 e. The highest BCUT2D eigenvalue weighted by Crippen LogP contribution is 2.37. The molecule has 4 aromatic rings. The predicted octanol–water partition coefficient (Wildman–Crippen LogP) is 4.40. The molecule has 2 aliphatic rings. The number of carbonyl (C=O) groups is 1. The van der Waals surface area contributed by atoms with Gasteiger partial charge < -0.3 is 14.4 Å². The Balaban J connectivity index is 1.36. The van der Waals surface area contributed by atoms with E-state index < -0.39 is 18.1 Å². The Hall–Kier alpha value is -4.54. The number of pyridine rings is 1. The van der Waals surface area contributed by atoms with Gasteiger partial charge in [0.2, 0.25) is 5.82 Å². The molecule has 2 atom stereocenters. The molecule has 1 saturated carbocycles. The molecule has 2 aromatic heterocycles. The lowest BCUT2D eigenvalue weighted by Gasteiger charge is -2.11. The summed E-state index contributed by atoms with van der Waals surface area (Å²) in [5, 5.41) is 15.0. The minimum atomic E-state index is -4.88. The number of hydrogen-bond donors (Lipinski definition) is 1. The Labute approximate surface area is 213 Å². The van der Waals surface area contributed by atoms with E-state index >= 15 is 0 Å². The molecule has 0 radical (unpaired) electrons. The van der Waals surface area contributed by atoms with Crippen molar-refractivity contribution in [3.05, 3.63) is 71.5 Å². The van der Waals surface area contributed by atoms with E-state index in [4.69, 9.17) is 9.52 Å². The van der Waals surface area contributed by atoms with Gasteiger partial charge >= 0.3 is 12.3 Å². The first-order valence-electron chi connectivity index (χ1n) is 11.8. The quantitative estimate of drug-likeness (QED) is 0.401. The number of ether oxygens (including phenoxy) is 1. The number of halogens is 3. The number of benzene rings is 2. The van der Waals surface area contributed by atoms with Crippen LogP contribution in [0.2, 0.25) is 0 Å². The average Bonchev–Trinajstić information content (AvgIpc) is 3.59. The number of fused-ring (bicyclic) bond motifs is 2. The topological polar surface area (TPSA) is 111 Å². The predicted molar refractivity (Wildman–Crippen MR) is 128 cm³/mol. The lowest BCUT2D eigenvalue weighted by Crippen LogP contribution is -2.22. The third kappa shape index (κ3) is 4.62. The van der Waals surface area contributed by atoms with Crippen molar-refractivity contribution < 1.29 is 32.3 Å². The van der Waals surface area contributed by atoms with Gasteiger partial charge in [-0.1, -0.05) is 11.2 Å². The highest BCUT2D eigenvalue weighted by atomic mass is 19.4. The van der Waals surface area contributed by atoms with Gasteiger partial charge in [0.05, 0.1) is 17.8 Å². The number of rotatable bonds is 6. The van der Waals surface area contributed by atoms with Crippen LogP contribution in [-0.2, 0) is 4.79 Å². The summed E-state index contributed by atoms with van der Waals surface area (Å²) >= 11 is 0. The lowest BCUT2D eigenvalue weighted by atomic mass is 9.99. The molecule has 192 valence electrons. The van der Waals surface area contributed by atoms with Crippen LogP contribution < -0.4 is 15.3 Å². The van der Waals surface area contributed by atoms with E-state index in [0.717, 1.165) is 29.0 Å². The Morgan fingerprint density at radius 3 is 2.68 bits per heavy atom. The molecule has 1 N–H and O–H groups in total. The highest BCUT2D eigenvalue weighted by Gasteiger charge is 2.35. The average molecular weight is 520 g/mol. The van der Waals surface area contributed by atoms with Crippen molar-refractivity contribution in [2.75, 3.05) is 0 Å². The maximum atomic E-state index is 13.0. The summed E-state index contributed by atoms with van der Waals surface area (Å²) in [5.41, 5.74) is 3.04. The summed E-state index contributed by atoms with van der Waals surface area (Å²) < 4.78 is 48.6. The second-order valence-electron chi connectivity index (χ2n) is 9.19. The van der Waals surface area contributed by atoms with Crippen LogP contribution in [0.15, 0.2) is 70.4 Å². The van der Waals surface area contributed by atoms with Gasteiger partial charge in [0.1, 0.15) is 5.75 Å². The molecule has 8 nitrogen and oxygen atoms in total. The van der Waals surface area contributed by atoms with E-state index in [1.807, 2.05) is 12.1 Å². The van der Waals surface area contributed by atoms with E-state index in [1.54, 1.807) is 30.5 Å². The third-order valence-electron chi connectivity index (χ3n) is 6.71. The van der Waals surface area contributed by atoms with Crippen molar-refractivity contribution >= 4 is 11.5 Å². The Morgan fingerprint density at radius 1 is 1.08 bits per heavy atom. The van der Waals surface area contributed by atoms with Crippen LogP contribution in [0.4, 0.5) is 13.2 Å². The number of aromatic nitrogens is 3. The molecule has 2 unspecified atom stereocenters. The minimum absolute atomic E-state index is 0.0240. The van der Waals surface area contributed by atoms with Crippen molar-refractivity contribution in [3.8, 4) is 39.7 Å². The Bertz CT molecular complexity index is 1670. The van der Waals surface area contributed by atoms with Crippen LogP contribution in [0.3, 0.4) is 0 Å². The molecule has 1 fully saturated rings. The largest absolute Gasteiger partial charge is 0.573 e. The number of aliphatic carboxylic acids is 1. The van der Waals surface area contributed by atoms with E-state index in [9.17, 15) is 23.1 Å². The zero-order valence-corrected chi connectivity index (χ0v) is 19.6. The van der Waals surface area contributed by atoms with Gasteiger partial charge in [-0.05, 0) is 72.4 Å². The van der Waals surface area contributed by atoms with Crippen molar-refractivity contribution in [1.29, 1.82) is 0 Å². The first-order chi connectivity index (χ1) is 18.2. The number of carboxylic acid groups (broad SMARTS) is 1. The molecule has 0 amide bonds. The molecule has 1 aliphatic carbocycles. The van der Waals surface area contributed by atoms with E-state index in [0.29, 0.717) is 16.7 Å². The van der Waals surface area contributed by atoms with E-state index in [2.05, 4.69) is 19.9 Å². The summed E-state index contributed by atoms with van der Waals surface area (Å²) in [6.45, 7) is 0. The van der Waals surface area contributed by atoms with Gasteiger partial charge in [0.25, 0.3) is 5.89 Å². The molecule has 3 heterocycles. The first-order valence-corrected chi connectivity index (χ1v) is 11.8. The summed E-state index contributed by atoms with van der Waals surface area (Å²) in [7, 11) is 0. The lowest BCUT2D eigenvalue weighted by molar-refractivity contribution is -0.274. The van der Waals surface area contributed by atoms with Crippen molar-refractivity contribution in [2.45, 2.75) is 31.7 Å². The molecule has 2 aromatic carbocycles. The normalized spacial score (nSPS) is 18.1. The van der Waals surface area contributed by atoms with Crippen LogP contribution in [0.5, 0.6) is 5.75 Å². The van der Waals surface area contributed by atoms with E-state index in [-0.39, 0.29) is 35.7 Å².